The van der Waals surface area contributed by atoms with E-state index >= 15 is 0 Å². The molecule has 2 rings (SSSR count). The number of morpholine rings is 1. The minimum atomic E-state index is -0.173. The van der Waals surface area contributed by atoms with Crippen molar-refractivity contribution in [3.8, 4) is 0 Å². The Hall–Kier alpha value is -1.37. The van der Waals surface area contributed by atoms with Gasteiger partial charge in [-0.2, -0.15) is 0 Å². The first kappa shape index (κ1) is 17.0. The molecule has 5 nitrogen and oxygen atoms in total. The van der Waals surface area contributed by atoms with Crippen molar-refractivity contribution in [2.75, 3.05) is 39.4 Å². The number of carbonyl (C=O) groups is 1. The Morgan fingerprint density at radius 2 is 2.18 bits per heavy atom. The summed E-state index contributed by atoms with van der Waals surface area (Å²) >= 11 is 3.41. The third kappa shape index (κ3) is 6.60. The van der Waals surface area contributed by atoms with Crippen LogP contribution in [0.5, 0.6) is 0 Å². The van der Waals surface area contributed by atoms with Gasteiger partial charge in [0.2, 0.25) is 0 Å². The van der Waals surface area contributed by atoms with Crippen molar-refractivity contribution in [1.29, 1.82) is 0 Å². The molecule has 0 unspecified atom stereocenters. The van der Waals surface area contributed by atoms with Gasteiger partial charge in [0.25, 0.3) is 0 Å². The monoisotopic (exact) mass is 367 g/mol. The first-order valence-corrected chi connectivity index (χ1v) is 8.30. The summed E-state index contributed by atoms with van der Waals surface area (Å²) < 4.78 is 6.32. The molecule has 0 spiro atoms. The molecule has 0 bridgehead atoms. The van der Waals surface area contributed by atoms with Crippen LogP contribution in [0, 0.1) is 0 Å². The average molecular weight is 368 g/mol. The summed E-state index contributed by atoms with van der Waals surface area (Å²) in [7, 11) is 0. The lowest BCUT2D eigenvalue weighted by Gasteiger charge is -2.26. The number of halogens is 1. The molecule has 1 aliphatic heterocycles. The molecular weight excluding hydrogens is 346 g/mol. The number of amides is 2. The quantitative estimate of drug-likeness (QED) is 0.759. The fourth-order valence-electron chi connectivity index (χ4n) is 2.20. The van der Waals surface area contributed by atoms with Crippen LogP contribution in [0.4, 0.5) is 4.79 Å². The zero-order valence-electron chi connectivity index (χ0n) is 12.6. The van der Waals surface area contributed by atoms with Crippen molar-refractivity contribution in [1.82, 2.24) is 15.5 Å². The molecule has 0 saturated carbocycles. The number of urea groups is 1. The Morgan fingerprint density at radius 1 is 1.36 bits per heavy atom. The highest BCUT2D eigenvalue weighted by atomic mass is 79.9. The van der Waals surface area contributed by atoms with Crippen molar-refractivity contribution in [3.63, 3.8) is 0 Å². The largest absolute Gasteiger partial charge is 0.379 e. The van der Waals surface area contributed by atoms with Gasteiger partial charge in [0, 0.05) is 30.3 Å². The van der Waals surface area contributed by atoms with Crippen molar-refractivity contribution in [3.05, 3.63) is 40.5 Å². The minimum Gasteiger partial charge on any atom is -0.379 e. The van der Waals surface area contributed by atoms with Gasteiger partial charge in [-0.05, 0) is 36.7 Å². The van der Waals surface area contributed by atoms with Gasteiger partial charge in [-0.1, -0.05) is 28.1 Å². The van der Waals surface area contributed by atoms with Crippen LogP contribution in [-0.2, 0) is 4.74 Å². The van der Waals surface area contributed by atoms with Crippen molar-refractivity contribution < 1.29 is 9.53 Å². The van der Waals surface area contributed by atoms with Crippen molar-refractivity contribution >= 4 is 28.0 Å². The van der Waals surface area contributed by atoms with Crippen LogP contribution in [0.3, 0.4) is 0 Å². The summed E-state index contributed by atoms with van der Waals surface area (Å²) in [6.07, 6.45) is 4.46. The molecule has 0 atom stereocenters. The Kier molecular flexibility index (Phi) is 7.42. The smallest absolute Gasteiger partial charge is 0.318 e. The fraction of sp³-hybridized carbons (Fsp3) is 0.438. The van der Waals surface area contributed by atoms with Crippen LogP contribution in [0.15, 0.2) is 34.9 Å². The van der Waals surface area contributed by atoms with Crippen LogP contribution in [0.2, 0.25) is 0 Å². The predicted octanol–water partition coefficient (Wildman–Crippen LogP) is 2.44. The highest BCUT2D eigenvalue weighted by Crippen LogP contribution is 2.12. The van der Waals surface area contributed by atoms with Gasteiger partial charge in [0.1, 0.15) is 0 Å². The molecule has 1 aromatic rings. The van der Waals surface area contributed by atoms with Crippen LogP contribution in [0.1, 0.15) is 12.0 Å². The van der Waals surface area contributed by atoms with E-state index in [0.717, 1.165) is 49.3 Å². The first-order valence-electron chi connectivity index (χ1n) is 7.50. The van der Waals surface area contributed by atoms with E-state index in [1.54, 1.807) is 6.20 Å². The van der Waals surface area contributed by atoms with E-state index in [4.69, 9.17) is 4.74 Å². The van der Waals surface area contributed by atoms with Gasteiger partial charge < -0.3 is 15.4 Å². The zero-order chi connectivity index (χ0) is 15.6. The highest BCUT2D eigenvalue weighted by Gasteiger charge is 2.09. The van der Waals surface area contributed by atoms with E-state index in [1.807, 2.05) is 30.3 Å². The SMILES string of the molecule is O=C(N/C=C/c1cccc(Br)c1)NCCCN1CCOCC1. The van der Waals surface area contributed by atoms with Crippen molar-refractivity contribution in [2.24, 2.45) is 0 Å². The summed E-state index contributed by atoms with van der Waals surface area (Å²) in [5.74, 6) is 0. The first-order chi connectivity index (χ1) is 10.7. The van der Waals surface area contributed by atoms with E-state index < -0.39 is 0 Å². The second kappa shape index (κ2) is 9.61. The minimum absolute atomic E-state index is 0.173. The number of hydrogen-bond donors (Lipinski definition) is 2. The molecule has 22 heavy (non-hydrogen) atoms. The maximum Gasteiger partial charge on any atom is 0.318 e. The molecule has 6 heteroatoms. The summed E-state index contributed by atoms with van der Waals surface area (Å²) in [5.41, 5.74) is 1.03. The van der Waals surface area contributed by atoms with Crippen LogP contribution >= 0.6 is 15.9 Å². The van der Waals surface area contributed by atoms with Gasteiger partial charge in [-0.3, -0.25) is 4.90 Å². The topological polar surface area (TPSA) is 53.6 Å². The maximum absolute atomic E-state index is 11.6. The van der Waals surface area contributed by atoms with E-state index in [1.165, 1.54) is 0 Å². The Bertz CT molecular complexity index is 502. The highest BCUT2D eigenvalue weighted by molar-refractivity contribution is 9.10. The lowest BCUT2D eigenvalue weighted by molar-refractivity contribution is 0.0375. The maximum atomic E-state index is 11.6. The molecule has 1 saturated heterocycles. The number of rotatable bonds is 6. The molecule has 1 heterocycles. The van der Waals surface area contributed by atoms with Crippen molar-refractivity contribution in [2.45, 2.75) is 6.42 Å². The molecule has 1 aromatic carbocycles. The number of carbonyl (C=O) groups excluding carboxylic acids is 1. The number of hydrogen-bond acceptors (Lipinski definition) is 3. The molecule has 0 radical (unpaired) electrons. The standard InChI is InChI=1S/C16H22BrN3O2/c17-15-4-1-3-14(13-15)5-7-19-16(21)18-6-2-8-20-9-11-22-12-10-20/h1,3-5,7,13H,2,6,8-12H2,(H2,18,19,21)/b7-5+. The van der Waals surface area contributed by atoms with Crippen LogP contribution in [0.25, 0.3) is 6.08 Å². The third-order valence-electron chi connectivity index (χ3n) is 3.38. The van der Waals surface area contributed by atoms with Gasteiger partial charge >= 0.3 is 6.03 Å². The second-order valence-electron chi connectivity index (χ2n) is 5.10. The lowest BCUT2D eigenvalue weighted by atomic mass is 10.2. The van der Waals surface area contributed by atoms with Crippen LogP contribution < -0.4 is 10.6 Å². The molecular formula is C16H22BrN3O2. The zero-order valence-corrected chi connectivity index (χ0v) is 14.1. The normalized spacial score (nSPS) is 15.9. The molecule has 120 valence electrons. The van der Waals surface area contributed by atoms with E-state index in [-0.39, 0.29) is 6.03 Å². The number of benzene rings is 1. The molecule has 1 fully saturated rings. The Labute approximate surface area is 139 Å². The lowest BCUT2D eigenvalue weighted by Crippen LogP contribution is -2.39. The second-order valence-corrected chi connectivity index (χ2v) is 6.01. The predicted molar refractivity (Wildman–Crippen MR) is 91.6 cm³/mol. The number of ether oxygens (including phenoxy) is 1. The molecule has 0 aromatic heterocycles. The number of nitrogens with zero attached hydrogens (tertiary/aromatic N) is 1. The van der Waals surface area contributed by atoms with Gasteiger partial charge in [-0.25, -0.2) is 4.79 Å². The third-order valence-corrected chi connectivity index (χ3v) is 3.87. The van der Waals surface area contributed by atoms with Gasteiger partial charge in [0.05, 0.1) is 13.2 Å². The van der Waals surface area contributed by atoms with E-state index in [2.05, 4.69) is 31.5 Å². The van der Waals surface area contributed by atoms with Gasteiger partial charge in [-0.15, -0.1) is 0 Å². The molecule has 0 aliphatic carbocycles. The van der Waals surface area contributed by atoms with Gasteiger partial charge in [0.15, 0.2) is 0 Å². The summed E-state index contributed by atoms with van der Waals surface area (Å²) in [6, 6.07) is 7.71. The fourth-order valence-corrected chi connectivity index (χ4v) is 2.62. The Morgan fingerprint density at radius 3 is 2.95 bits per heavy atom. The summed E-state index contributed by atoms with van der Waals surface area (Å²) in [6.45, 7) is 5.27. The van der Waals surface area contributed by atoms with E-state index in [0.29, 0.717) is 6.54 Å². The van der Waals surface area contributed by atoms with E-state index in [9.17, 15) is 4.79 Å². The summed E-state index contributed by atoms with van der Waals surface area (Å²) in [5, 5.41) is 5.56. The Balaban J connectivity index is 1.57. The molecule has 1 aliphatic rings. The molecule has 2 N–H and O–H groups in total. The van der Waals surface area contributed by atoms with Crippen LogP contribution in [-0.4, -0.2) is 50.3 Å². The average Bonchev–Trinajstić information content (AvgIpc) is 2.53. The molecule has 2 amide bonds. The number of nitrogens with one attached hydrogen (secondary N) is 2. The summed E-state index contributed by atoms with van der Waals surface area (Å²) in [4.78, 5) is 14.0.